The van der Waals surface area contributed by atoms with Gasteiger partial charge < -0.3 is 21.5 Å². The van der Waals surface area contributed by atoms with E-state index in [1.54, 1.807) is 7.11 Å². The van der Waals surface area contributed by atoms with Crippen molar-refractivity contribution >= 4 is 17.5 Å². The van der Waals surface area contributed by atoms with Gasteiger partial charge in [-0.25, -0.2) is 4.98 Å². The minimum atomic E-state index is -0.476. The fourth-order valence-electron chi connectivity index (χ4n) is 4.03. The molecule has 1 heterocycles. The van der Waals surface area contributed by atoms with Gasteiger partial charge in [-0.05, 0) is 74.6 Å². The zero-order chi connectivity index (χ0) is 21.5. The van der Waals surface area contributed by atoms with E-state index in [1.807, 2.05) is 24.3 Å². The second-order valence-corrected chi connectivity index (χ2v) is 7.84. The van der Waals surface area contributed by atoms with Crippen LogP contribution in [0, 0.1) is 22.0 Å². The van der Waals surface area contributed by atoms with Crippen molar-refractivity contribution in [2.45, 2.75) is 38.5 Å². The lowest BCUT2D eigenvalue weighted by Gasteiger charge is -2.27. The van der Waals surface area contributed by atoms with Crippen molar-refractivity contribution in [3.05, 3.63) is 45.6 Å². The second kappa shape index (κ2) is 10.2. The van der Waals surface area contributed by atoms with Gasteiger partial charge in [-0.3, -0.25) is 10.1 Å². The van der Waals surface area contributed by atoms with Crippen molar-refractivity contribution in [2.24, 2.45) is 17.6 Å². The van der Waals surface area contributed by atoms with Gasteiger partial charge in [0.25, 0.3) is 0 Å². The third-order valence-corrected chi connectivity index (χ3v) is 5.78. The molecule has 1 aromatic carbocycles. The number of rotatable bonds is 9. The monoisotopic (exact) mass is 414 g/mol. The summed E-state index contributed by atoms with van der Waals surface area (Å²) in [6.07, 6.45) is 5.38. The number of benzene rings is 1. The maximum atomic E-state index is 11.6. The van der Waals surface area contributed by atoms with Crippen LogP contribution >= 0.6 is 0 Å². The van der Waals surface area contributed by atoms with Crippen LogP contribution in [0.25, 0.3) is 0 Å². The van der Waals surface area contributed by atoms with E-state index in [-0.39, 0.29) is 11.5 Å². The van der Waals surface area contributed by atoms with Crippen LogP contribution in [0.4, 0.5) is 17.5 Å². The molecule has 0 spiro atoms. The summed E-state index contributed by atoms with van der Waals surface area (Å²) in [5.41, 5.74) is 13.0. The van der Waals surface area contributed by atoms with Crippen molar-refractivity contribution in [1.82, 2.24) is 9.97 Å². The van der Waals surface area contributed by atoms with Gasteiger partial charge in [0.1, 0.15) is 11.4 Å². The van der Waals surface area contributed by atoms with E-state index in [0.29, 0.717) is 43.0 Å². The Morgan fingerprint density at radius 2 is 1.97 bits per heavy atom. The van der Waals surface area contributed by atoms with Crippen LogP contribution in [0.5, 0.6) is 5.75 Å². The number of hydrogen-bond donors (Lipinski definition) is 3. The van der Waals surface area contributed by atoms with Gasteiger partial charge in [-0.2, -0.15) is 4.98 Å². The standard InChI is InChI=1S/C21H30N6O3/c1-30-17-4-2-3-14(11-17)9-10-24-21-25-18(19(27(28)29)20(23)26-21)12-15-5-7-16(13-22)8-6-15/h2-4,11,15-16H,5-10,12-13,22H2,1H3,(H3,23,24,25,26). The van der Waals surface area contributed by atoms with Gasteiger partial charge in [0.05, 0.1) is 12.0 Å². The molecule has 1 aliphatic rings. The molecular formula is C21H30N6O3. The first kappa shape index (κ1) is 21.8. The number of nitrogen functional groups attached to an aromatic ring is 1. The lowest BCUT2D eigenvalue weighted by molar-refractivity contribution is -0.385. The third-order valence-electron chi connectivity index (χ3n) is 5.78. The summed E-state index contributed by atoms with van der Waals surface area (Å²) in [4.78, 5) is 19.6. The summed E-state index contributed by atoms with van der Waals surface area (Å²) < 4.78 is 5.24. The molecule has 1 saturated carbocycles. The zero-order valence-corrected chi connectivity index (χ0v) is 17.3. The van der Waals surface area contributed by atoms with E-state index in [2.05, 4.69) is 15.3 Å². The predicted molar refractivity (Wildman–Crippen MR) is 116 cm³/mol. The summed E-state index contributed by atoms with van der Waals surface area (Å²) in [6.45, 7) is 1.28. The molecule has 162 valence electrons. The Kier molecular flexibility index (Phi) is 7.40. The topological polar surface area (TPSA) is 142 Å². The van der Waals surface area contributed by atoms with Crippen molar-refractivity contribution in [1.29, 1.82) is 0 Å². The van der Waals surface area contributed by atoms with Crippen LogP contribution in [-0.2, 0) is 12.8 Å². The van der Waals surface area contributed by atoms with Crippen LogP contribution in [0.3, 0.4) is 0 Å². The molecule has 3 rings (SSSR count). The smallest absolute Gasteiger partial charge is 0.332 e. The summed E-state index contributed by atoms with van der Waals surface area (Å²) in [5, 5.41) is 14.7. The van der Waals surface area contributed by atoms with Gasteiger partial charge in [0, 0.05) is 6.54 Å². The molecule has 0 unspecified atom stereocenters. The van der Waals surface area contributed by atoms with E-state index in [4.69, 9.17) is 16.2 Å². The van der Waals surface area contributed by atoms with Crippen molar-refractivity contribution in [3.63, 3.8) is 0 Å². The average Bonchev–Trinajstić information content (AvgIpc) is 2.74. The lowest BCUT2D eigenvalue weighted by atomic mass is 9.80. The van der Waals surface area contributed by atoms with Crippen LogP contribution in [0.2, 0.25) is 0 Å². The third kappa shape index (κ3) is 5.56. The molecule has 1 fully saturated rings. The molecular weight excluding hydrogens is 384 g/mol. The Morgan fingerprint density at radius 1 is 1.23 bits per heavy atom. The first-order chi connectivity index (χ1) is 14.5. The molecule has 1 aromatic heterocycles. The number of nitrogens with two attached hydrogens (primary N) is 2. The molecule has 0 atom stereocenters. The highest BCUT2D eigenvalue weighted by atomic mass is 16.6. The van der Waals surface area contributed by atoms with Crippen LogP contribution in [0.1, 0.15) is 36.9 Å². The molecule has 9 nitrogen and oxygen atoms in total. The SMILES string of the molecule is COc1cccc(CCNc2nc(N)c([N+](=O)[O-])c(CC3CCC(CN)CC3)n2)c1. The Balaban J connectivity index is 1.68. The van der Waals surface area contributed by atoms with Gasteiger partial charge >= 0.3 is 5.69 Å². The number of anilines is 2. The maximum Gasteiger partial charge on any atom is 0.332 e. The Morgan fingerprint density at radius 3 is 2.63 bits per heavy atom. The molecule has 0 saturated heterocycles. The molecule has 5 N–H and O–H groups in total. The largest absolute Gasteiger partial charge is 0.497 e. The molecule has 30 heavy (non-hydrogen) atoms. The summed E-state index contributed by atoms with van der Waals surface area (Å²) >= 11 is 0. The van der Waals surface area contributed by atoms with Gasteiger partial charge in [0.15, 0.2) is 0 Å². The highest BCUT2D eigenvalue weighted by Gasteiger charge is 2.27. The second-order valence-electron chi connectivity index (χ2n) is 7.84. The predicted octanol–water partition coefficient (Wildman–Crippen LogP) is 2.94. The highest BCUT2D eigenvalue weighted by molar-refractivity contribution is 5.58. The highest BCUT2D eigenvalue weighted by Crippen LogP contribution is 2.33. The minimum absolute atomic E-state index is 0.0930. The molecule has 0 radical (unpaired) electrons. The summed E-state index contributed by atoms with van der Waals surface area (Å²) in [7, 11) is 1.63. The number of methoxy groups -OCH3 is 1. The molecule has 0 aliphatic heterocycles. The summed E-state index contributed by atoms with van der Waals surface area (Å²) in [5.74, 6) is 1.94. The number of nitrogens with zero attached hydrogens (tertiary/aromatic N) is 3. The Bertz CT molecular complexity index is 868. The average molecular weight is 415 g/mol. The first-order valence-electron chi connectivity index (χ1n) is 10.4. The zero-order valence-electron chi connectivity index (χ0n) is 17.3. The first-order valence-corrected chi connectivity index (χ1v) is 10.4. The van der Waals surface area contributed by atoms with Crippen molar-refractivity contribution in [3.8, 4) is 5.75 Å². The van der Waals surface area contributed by atoms with Gasteiger partial charge in [0.2, 0.25) is 11.8 Å². The number of nitro groups is 1. The number of hydrogen-bond acceptors (Lipinski definition) is 8. The number of nitrogens with one attached hydrogen (secondary N) is 1. The van der Waals surface area contributed by atoms with Crippen LogP contribution < -0.4 is 21.5 Å². The number of aromatic nitrogens is 2. The lowest BCUT2D eigenvalue weighted by Crippen LogP contribution is -2.23. The van der Waals surface area contributed by atoms with Crippen LogP contribution in [-0.4, -0.2) is 35.1 Å². The molecule has 9 heteroatoms. The van der Waals surface area contributed by atoms with Crippen LogP contribution in [0.15, 0.2) is 24.3 Å². The van der Waals surface area contributed by atoms with Crippen molar-refractivity contribution < 1.29 is 9.66 Å². The molecule has 0 amide bonds. The Labute approximate surface area is 176 Å². The van der Waals surface area contributed by atoms with E-state index < -0.39 is 4.92 Å². The molecule has 0 bridgehead atoms. The fourth-order valence-corrected chi connectivity index (χ4v) is 4.03. The minimum Gasteiger partial charge on any atom is -0.497 e. The van der Waals surface area contributed by atoms with E-state index in [9.17, 15) is 10.1 Å². The van der Waals surface area contributed by atoms with E-state index >= 15 is 0 Å². The van der Waals surface area contributed by atoms with Gasteiger partial charge in [-0.15, -0.1) is 0 Å². The normalized spacial score (nSPS) is 18.7. The number of ether oxygens (including phenoxy) is 1. The van der Waals surface area contributed by atoms with E-state index in [1.165, 1.54) is 0 Å². The van der Waals surface area contributed by atoms with Crippen molar-refractivity contribution in [2.75, 3.05) is 31.2 Å². The van der Waals surface area contributed by atoms with Gasteiger partial charge in [-0.1, -0.05) is 12.1 Å². The fraction of sp³-hybridized carbons (Fsp3) is 0.524. The quantitative estimate of drug-likeness (QED) is 0.420. The molecule has 1 aliphatic carbocycles. The van der Waals surface area contributed by atoms with E-state index in [0.717, 1.165) is 43.4 Å². The molecule has 2 aromatic rings. The Hall–Kier alpha value is -2.94. The summed E-state index contributed by atoms with van der Waals surface area (Å²) in [6, 6.07) is 7.81. The maximum absolute atomic E-state index is 11.6.